The zero-order valence-electron chi connectivity index (χ0n) is 13.6. The summed E-state index contributed by atoms with van der Waals surface area (Å²) in [5.41, 5.74) is 2.16. The number of anilines is 1. The van der Waals surface area contributed by atoms with Crippen LogP contribution in [0.4, 0.5) is 9.52 Å². The van der Waals surface area contributed by atoms with Gasteiger partial charge in [0, 0.05) is 17.5 Å². The fourth-order valence-corrected chi connectivity index (χ4v) is 3.64. The summed E-state index contributed by atoms with van der Waals surface area (Å²) in [5.74, 6) is -1.27. The van der Waals surface area contributed by atoms with Crippen LogP contribution in [0.5, 0.6) is 0 Å². The van der Waals surface area contributed by atoms with Crippen LogP contribution in [-0.2, 0) is 11.3 Å². The van der Waals surface area contributed by atoms with Crippen molar-refractivity contribution >= 4 is 28.3 Å². The Kier molecular flexibility index (Phi) is 4.22. The second kappa shape index (κ2) is 6.68. The van der Waals surface area contributed by atoms with Gasteiger partial charge in [0.05, 0.1) is 0 Å². The lowest BCUT2D eigenvalue weighted by Gasteiger charge is -2.27. The van der Waals surface area contributed by atoms with Crippen LogP contribution in [0.25, 0.3) is 0 Å². The van der Waals surface area contributed by atoms with Crippen molar-refractivity contribution in [3.05, 3.63) is 82.6 Å². The largest absolute Gasteiger partial charge is 0.318 e. The van der Waals surface area contributed by atoms with Crippen molar-refractivity contribution in [1.29, 1.82) is 0 Å². The maximum atomic E-state index is 13.1. The summed E-state index contributed by atoms with van der Waals surface area (Å²) in [7, 11) is 0. The zero-order chi connectivity index (χ0) is 18.1. The lowest BCUT2D eigenvalue weighted by Crippen LogP contribution is -2.37. The van der Waals surface area contributed by atoms with Gasteiger partial charge in [0.2, 0.25) is 5.95 Å². The number of halogens is 1. The first-order valence-electron chi connectivity index (χ1n) is 7.99. The summed E-state index contributed by atoms with van der Waals surface area (Å²) in [6.07, 6.45) is 0. The highest BCUT2D eigenvalue weighted by molar-refractivity contribution is 7.13. The fraction of sp³-hybridized carbons (Fsp3) is 0.105. The molecule has 0 saturated carbocycles. The predicted molar refractivity (Wildman–Crippen MR) is 96.2 cm³/mol. The molecule has 26 heavy (non-hydrogen) atoms. The Morgan fingerprint density at radius 3 is 2.58 bits per heavy atom. The number of rotatable bonds is 4. The van der Waals surface area contributed by atoms with E-state index in [0.29, 0.717) is 17.7 Å². The van der Waals surface area contributed by atoms with Gasteiger partial charge in [-0.25, -0.2) is 0 Å². The first kappa shape index (κ1) is 16.4. The summed E-state index contributed by atoms with van der Waals surface area (Å²) in [5, 5.41) is 4.00. The van der Waals surface area contributed by atoms with Crippen LogP contribution in [0.2, 0.25) is 0 Å². The highest BCUT2D eigenvalue weighted by Gasteiger charge is 2.37. The van der Waals surface area contributed by atoms with Gasteiger partial charge in [-0.3, -0.25) is 14.9 Å². The number of hydrogen-bond acceptors (Lipinski definition) is 4. The number of fused-ring (bicyclic) bond motifs is 1. The van der Waals surface area contributed by atoms with Crippen LogP contribution < -0.4 is 5.32 Å². The molecular formula is C19H14FN3O2S. The molecule has 2 heterocycles. The molecule has 2 amide bonds. The van der Waals surface area contributed by atoms with E-state index < -0.39 is 17.9 Å². The molecule has 1 atom stereocenters. The molecule has 0 aliphatic carbocycles. The monoisotopic (exact) mass is 367 g/mol. The first-order chi connectivity index (χ1) is 12.6. The molecule has 130 valence electrons. The standard InChI is InChI=1S/C19H14FN3O2S/c20-15-11-26-19(21-15)22-17(24)16(12-6-2-1-3-7-12)23-10-13-8-4-5-9-14(13)18(23)25/h1-9,11,16H,10H2,(H,21,22,24). The van der Waals surface area contributed by atoms with E-state index in [-0.39, 0.29) is 11.0 Å². The van der Waals surface area contributed by atoms with Crippen LogP contribution in [0.3, 0.4) is 0 Å². The molecule has 1 aromatic heterocycles. The van der Waals surface area contributed by atoms with Gasteiger partial charge in [-0.2, -0.15) is 9.37 Å². The maximum Gasteiger partial charge on any atom is 0.255 e. The quantitative estimate of drug-likeness (QED) is 0.766. The number of nitrogens with one attached hydrogen (secondary N) is 1. The van der Waals surface area contributed by atoms with E-state index in [4.69, 9.17) is 0 Å². The summed E-state index contributed by atoms with van der Waals surface area (Å²) in [6, 6.07) is 15.5. The van der Waals surface area contributed by atoms with E-state index in [9.17, 15) is 14.0 Å². The molecule has 0 bridgehead atoms. The van der Waals surface area contributed by atoms with Gasteiger partial charge in [0.25, 0.3) is 11.8 Å². The fourth-order valence-electron chi connectivity index (χ4n) is 3.08. The van der Waals surface area contributed by atoms with E-state index >= 15 is 0 Å². The molecule has 1 unspecified atom stereocenters. The van der Waals surface area contributed by atoms with Crippen molar-refractivity contribution in [3.63, 3.8) is 0 Å². The number of benzene rings is 2. The Hall–Kier alpha value is -3.06. The predicted octanol–water partition coefficient (Wildman–Crippen LogP) is 3.62. The number of carbonyl (C=O) groups excluding carboxylic acids is 2. The molecule has 1 N–H and O–H groups in total. The van der Waals surface area contributed by atoms with Crippen LogP contribution in [0.15, 0.2) is 60.0 Å². The molecular weight excluding hydrogens is 353 g/mol. The van der Waals surface area contributed by atoms with Crippen molar-refractivity contribution in [3.8, 4) is 0 Å². The summed E-state index contributed by atoms with van der Waals surface area (Å²) in [4.78, 5) is 30.9. The van der Waals surface area contributed by atoms with E-state index in [1.54, 1.807) is 24.3 Å². The lowest BCUT2D eigenvalue weighted by atomic mass is 10.0. The van der Waals surface area contributed by atoms with Gasteiger partial charge in [-0.15, -0.1) is 11.3 Å². The van der Waals surface area contributed by atoms with Gasteiger partial charge < -0.3 is 4.90 Å². The van der Waals surface area contributed by atoms with Crippen LogP contribution in [0, 0.1) is 5.95 Å². The minimum atomic E-state index is -0.830. The first-order valence-corrected chi connectivity index (χ1v) is 8.87. The molecule has 5 nitrogen and oxygen atoms in total. The third-order valence-electron chi connectivity index (χ3n) is 4.23. The van der Waals surface area contributed by atoms with Crippen LogP contribution in [0.1, 0.15) is 27.5 Å². The SMILES string of the molecule is O=C(Nc1nc(F)cs1)C(c1ccccc1)N1Cc2ccccc2C1=O. The smallest absolute Gasteiger partial charge is 0.255 e. The molecule has 4 rings (SSSR count). The Morgan fingerprint density at radius 2 is 1.88 bits per heavy atom. The Balaban J connectivity index is 1.68. The normalized spacial score (nSPS) is 14.2. The van der Waals surface area contributed by atoms with Crippen molar-refractivity contribution in [2.45, 2.75) is 12.6 Å². The van der Waals surface area contributed by atoms with E-state index in [0.717, 1.165) is 16.9 Å². The number of hydrogen-bond donors (Lipinski definition) is 1. The molecule has 3 aromatic rings. The van der Waals surface area contributed by atoms with Crippen molar-refractivity contribution in [2.75, 3.05) is 5.32 Å². The molecule has 0 saturated heterocycles. The topological polar surface area (TPSA) is 62.3 Å². The number of thiazole rings is 1. The third kappa shape index (κ3) is 2.97. The lowest BCUT2D eigenvalue weighted by molar-refractivity contribution is -0.120. The van der Waals surface area contributed by atoms with Gasteiger partial charge >= 0.3 is 0 Å². The number of aromatic nitrogens is 1. The number of carbonyl (C=O) groups is 2. The molecule has 2 aromatic carbocycles. The zero-order valence-corrected chi connectivity index (χ0v) is 14.4. The molecule has 0 spiro atoms. The Bertz CT molecular complexity index is 974. The average molecular weight is 367 g/mol. The van der Waals surface area contributed by atoms with Crippen LogP contribution >= 0.6 is 11.3 Å². The minimum Gasteiger partial charge on any atom is -0.318 e. The molecule has 0 fully saturated rings. The minimum absolute atomic E-state index is 0.164. The van der Waals surface area contributed by atoms with Gasteiger partial charge in [-0.05, 0) is 17.2 Å². The van der Waals surface area contributed by atoms with Crippen molar-refractivity contribution in [2.24, 2.45) is 0 Å². The summed E-state index contributed by atoms with van der Waals surface area (Å²) < 4.78 is 13.1. The van der Waals surface area contributed by atoms with Gasteiger partial charge in [0.15, 0.2) is 5.13 Å². The Labute approximate surface area is 153 Å². The Morgan fingerprint density at radius 1 is 1.15 bits per heavy atom. The van der Waals surface area contributed by atoms with Gasteiger partial charge in [-0.1, -0.05) is 48.5 Å². The van der Waals surface area contributed by atoms with Gasteiger partial charge in [0.1, 0.15) is 6.04 Å². The summed E-state index contributed by atoms with van der Waals surface area (Å²) in [6.45, 7) is 0.341. The molecule has 1 aliphatic rings. The van der Waals surface area contributed by atoms with E-state index in [1.165, 1.54) is 10.3 Å². The van der Waals surface area contributed by atoms with E-state index in [2.05, 4.69) is 10.3 Å². The van der Waals surface area contributed by atoms with Crippen molar-refractivity contribution < 1.29 is 14.0 Å². The molecule has 1 aliphatic heterocycles. The number of nitrogens with zero attached hydrogens (tertiary/aromatic N) is 2. The highest BCUT2D eigenvalue weighted by atomic mass is 32.1. The van der Waals surface area contributed by atoms with Crippen molar-refractivity contribution in [1.82, 2.24) is 9.88 Å². The second-order valence-corrected chi connectivity index (χ2v) is 6.73. The second-order valence-electron chi connectivity index (χ2n) is 5.87. The van der Waals surface area contributed by atoms with Crippen LogP contribution in [-0.4, -0.2) is 21.7 Å². The molecule has 7 heteroatoms. The third-order valence-corrected chi connectivity index (χ3v) is 4.96. The number of amides is 2. The molecule has 0 radical (unpaired) electrons. The maximum absolute atomic E-state index is 13.1. The summed E-state index contributed by atoms with van der Waals surface area (Å²) >= 11 is 1.000. The van der Waals surface area contributed by atoms with E-state index in [1.807, 2.05) is 30.3 Å². The average Bonchev–Trinajstić information content (AvgIpc) is 3.20. The highest BCUT2D eigenvalue weighted by Crippen LogP contribution is 2.32.